The van der Waals surface area contributed by atoms with Gasteiger partial charge in [0.2, 0.25) is 0 Å². The smallest absolute Gasteiger partial charge is 0.263 e. The van der Waals surface area contributed by atoms with Gasteiger partial charge in [-0.15, -0.1) is 0 Å². The lowest BCUT2D eigenvalue weighted by Gasteiger charge is -2.08. The van der Waals surface area contributed by atoms with E-state index in [9.17, 15) is 8.42 Å². The summed E-state index contributed by atoms with van der Waals surface area (Å²) >= 11 is 11.8. The average Bonchev–Trinajstić information content (AvgIpc) is 2.76. The molecule has 0 bridgehead atoms. The zero-order chi connectivity index (χ0) is 14.9. The van der Waals surface area contributed by atoms with Crippen molar-refractivity contribution in [2.75, 3.05) is 4.72 Å². The maximum Gasteiger partial charge on any atom is 0.263 e. The molecule has 1 aromatic heterocycles. The van der Waals surface area contributed by atoms with Crippen LogP contribution in [-0.2, 0) is 23.6 Å². The van der Waals surface area contributed by atoms with Gasteiger partial charge >= 0.3 is 0 Å². The van der Waals surface area contributed by atoms with Gasteiger partial charge in [-0.25, -0.2) is 8.42 Å². The average molecular weight is 334 g/mol. The molecule has 1 heterocycles. The predicted molar refractivity (Wildman–Crippen MR) is 80.6 cm³/mol. The van der Waals surface area contributed by atoms with Crippen molar-refractivity contribution in [1.82, 2.24) is 4.57 Å². The third kappa shape index (κ3) is 3.09. The van der Waals surface area contributed by atoms with E-state index in [2.05, 4.69) is 4.72 Å². The summed E-state index contributed by atoms with van der Waals surface area (Å²) in [5.74, 6) is 0. The van der Waals surface area contributed by atoms with E-state index in [1.54, 1.807) is 17.7 Å². The Morgan fingerprint density at radius 2 is 2.00 bits per heavy atom. The number of nitrogens with zero attached hydrogens (tertiary/aromatic N) is 1. The number of rotatable bonds is 4. The first-order valence-electron chi connectivity index (χ1n) is 5.66. The highest BCUT2D eigenvalue weighted by Gasteiger charge is 2.18. The number of anilines is 1. The Kier molecular flexibility index (Phi) is 4.29. The molecule has 2 rings (SSSR count). The van der Waals surface area contributed by atoms with Crippen molar-refractivity contribution >= 4 is 38.9 Å². The molecule has 20 heavy (non-hydrogen) atoms. The molecule has 0 spiro atoms. The van der Waals surface area contributed by atoms with Crippen molar-refractivity contribution in [3.63, 3.8) is 0 Å². The Morgan fingerprint density at radius 1 is 1.30 bits per heavy atom. The van der Waals surface area contributed by atoms with Gasteiger partial charge in [0.15, 0.2) is 0 Å². The van der Waals surface area contributed by atoms with Gasteiger partial charge in [-0.05, 0) is 24.3 Å². The molecule has 8 heteroatoms. The van der Waals surface area contributed by atoms with Crippen molar-refractivity contribution in [3.8, 4) is 0 Å². The highest BCUT2D eigenvalue weighted by molar-refractivity contribution is 7.92. The number of hydrogen-bond donors (Lipinski definition) is 2. The van der Waals surface area contributed by atoms with E-state index < -0.39 is 10.0 Å². The first kappa shape index (κ1) is 15.2. The Hall–Kier alpha value is -1.21. The minimum Gasteiger partial charge on any atom is -0.352 e. The van der Waals surface area contributed by atoms with E-state index in [4.69, 9.17) is 28.9 Å². The normalized spacial score (nSPS) is 11.6. The van der Waals surface area contributed by atoms with Crippen LogP contribution in [0, 0.1) is 0 Å². The molecule has 5 nitrogen and oxygen atoms in total. The van der Waals surface area contributed by atoms with Gasteiger partial charge in [0.1, 0.15) is 4.90 Å². The molecule has 0 aliphatic rings. The Bertz CT molecular complexity index is 741. The zero-order valence-electron chi connectivity index (χ0n) is 10.6. The lowest BCUT2D eigenvalue weighted by Crippen LogP contribution is -2.12. The quantitative estimate of drug-likeness (QED) is 0.902. The summed E-state index contributed by atoms with van der Waals surface area (Å²) in [6, 6.07) is 6.07. The van der Waals surface area contributed by atoms with Crippen molar-refractivity contribution in [1.29, 1.82) is 0 Å². The molecule has 1 aromatic carbocycles. The second-order valence-electron chi connectivity index (χ2n) is 4.21. The van der Waals surface area contributed by atoms with Gasteiger partial charge < -0.3 is 10.3 Å². The van der Waals surface area contributed by atoms with E-state index >= 15 is 0 Å². The molecular weight excluding hydrogens is 321 g/mol. The summed E-state index contributed by atoms with van der Waals surface area (Å²) in [5.41, 5.74) is 6.47. The number of benzene rings is 1. The van der Waals surface area contributed by atoms with Crippen LogP contribution in [-0.4, -0.2) is 13.0 Å². The molecule has 2 aromatic rings. The summed E-state index contributed by atoms with van der Waals surface area (Å²) in [5, 5.41) is 0.663. The molecule has 3 N–H and O–H groups in total. The molecule has 0 radical (unpaired) electrons. The zero-order valence-corrected chi connectivity index (χ0v) is 12.9. The minimum atomic E-state index is -3.73. The van der Waals surface area contributed by atoms with E-state index in [0.717, 1.165) is 0 Å². The van der Waals surface area contributed by atoms with Crippen LogP contribution in [0.2, 0.25) is 10.0 Å². The van der Waals surface area contributed by atoms with Crippen molar-refractivity contribution < 1.29 is 8.42 Å². The summed E-state index contributed by atoms with van der Waals surface area (Å²) in [6.07, 6.45) is 1.49. The maximum atomic E-state index is 12.3. The molecular formula is C12H13Cl2N3O2S. The summed E-state index contributed by atoms with van der Waals surface area (Å²) in [7, 11) is -2.00. The fourth-order valence-electron chi connectivity index (χ4n) is 1.71. The van der Waals surface area contributed by atoms with Crippen LogP contribution in [0.3, 0.4) is 0 Å². The SMILES string of the molecule is Cn1cc(S(=O)(=O)Nc2cc(Cl)ccc2Cl)cc1CN. The highest BCUT2D eigenvalue weighted by atomic mass is 35.5. The number of nitrogens with two attached hydrogens (primary N) is 1. The second-order valence-corrected chi connectivity index (χ2v) is 6.74. The standard InChI is InChI=1S/C12H13Cl2N3O2S/c1-17-7-10(5-9(17)6-15)20(18,19)16-12-4-8(13)2-3-11(12)14/h2-5,7,16H,6,15H2,1H3. The van der Waals surface area contributed by atoms with E-state index in [1.165, 1.54) is 24.4 Å². The van der Waals surface area contributed by atoms with Crippen LogP contribution in [0.4, 0.5) is 5.69 Å². The molecule has 0 amide bonds. The topological polar surface area (TPSA) is 77.1 Å². The van der Waals surface area contributed by atoms with Gasteiger partial charge in [0, 0.05) is 30.5 Å². The van der Waals surface area contributed by atoms with Gasteiger partial charge in [0.05, 0.1) is 10.7 Å². The molecule has 0 aliphatic heterocycles. The lowest BCUT2D eigenvalue weighted by atomic mass is 10.3. The number of sulfonamides is 1. The fraction of sp³-hybridized carbons (Fsp3) is 0.167. The Balaban J connectivity index is 2.37. The largest absolute Gasteiger partial charge is 0.352 e. The molecule has 0 saturated heterocycles. The Morgan fingerprint density at radius 3 is 2.60 bits per heavy atom. The van der Waals surface area contributed by atoms with Crippen molar-refractivity contribution in [3.05, 3.63) is 46.2 Å². The molecule has 0 aliphatic carbocycles. The van der Waals surface area contributed by atoms with E-state index in [0.29, 0.717) is 10.7 Å². The third-order valence-corrected chi connectivity index (χ3v) is 4.67. The van der Waals surface area contributed by atoms with Gasteiger partial charge in [-0.1, -0.05) is 23.2 Å². The number of aromatic nitrogens is 1. The second kappa shape index (κ2) is 5.65. The van der Waals surface area contributed by atoms with Crippen LogP contribution in [0.5, 0.6) is 0 Å². The first-order chi connectivity index (χ1) is 9.33. The van der Waals surface area contributed by atoms with Crippen LogP contribution in [0.25, 0.3) is 0 Å². The van der Waals surface area contributed by atoms with Crippen molar-refractivity contribution in [2.24, 2.45) is 12.8 Å². The molecule has 0 fully saturated rings. The van der Waals surface area contributed by atoms with Crippen LogP contribution < -0.4 is 10.5 Å². The first-order valence-corrected chi connectivity index (χ1v) is 7.90. The number of hydrogen-bond acceptors (Lipinski definition) is 3. The fourth-order valence-corrected chi connectivity index (χ4v) is 3.26. The summed E-state index contributed by atoms with van der Waals surface area (Å²) in [4.78, 5) is 0.122. The van der Waals surface area contributed by atoms with Gasteiger partial charge in [-0.2, -0.15) is 0 Å². The number of aryl methyl sites for hydroxylation is 1. The van der Waals surface area contributed by atoms with Crippen LogP contribution in [0.15, 0.2) is 35.4 Å². The van der Waals surface area contributed by atoms with Crippen LogP contribution in [0.1, 0.15) is 5.69 Å². The monoisotopic (exact) mass is 333 g/mol. The third-order valence-electron chi connectivity index (χ3n) is 2.77. The Labute approximate surface area is 127 Å². The van der Waals surface area contributed by atoms with Crippen molar-refractivity contribution in [2.45, 2.75) is 11.4 Å². The number of nitrogens with one attached hydrogen (secondary N) is 1. The molecule has 108 valence electrons. The van der Waals surface area contributed by atoms with E-state index in [1.807, 2.05) is 0 Å². The van der Waals surface area contributed by atoms with E-state index in [-0.39, 0.29) is 22.2 Å². The lowest BCUT2D eigenvalue weighted by molar-refractivity contribution is 0.601. The summed E-state index contributed by atoms with van der Waals surface area (Å²) in [6.45, 7) is 0.254. The van der Waals surface area contributed by atoms with Gasteiger partial charge in [0.25, 0.3) is 10.0 Å². The molecule has 0 atom stereocenters. The molecule has 0 unspecified atom stereocenters. The summed E-state index contributed by atoms with van der Waals surface area (Å²) < 4.78 is 28.6. The maximum absolute atomic E-state index is 12.3. The highest BCUT2D eigenvalue weighted by Crippen LogP contribution is 2.28. The van der Waals surface area contributed by atoms with Gasteiger partial charge in [-0.3, -0.25) is 4.72 Å². The molecule has 0 saturated carbocycles. The minimum absolute atomic E-state index is 0.122. The predicted octanol–water partition coefficient (Wildman–Crippen LogP) is 2.59. The van der Waals surface area contributed by atoms with Crippen LogP contribution >= 0.6 is 23.2 Å². The number of halogens is 2.